The third-order valence-corrected chi connectivity index (χ3v) is 4.71. The Hall–Kier alpha value is -2.85. The van der Waals surface area contributed by atoms with E-state index in [9.17, 15) is 9.90 Å². The number of esters is 1. The molecule has 2 aromatic carbocycles. The van der Waals surface area contributed by atoms with Crippen LogP contribution >= 0.6 is 0 Å². The molecular weight excluding hydrogens is 328 g/mol. The van der Waals surface area contributed by atoms with Crippen LogP contribution < -0.4 is 9.47 Å². The van der Waals surface area contributed by atoms with Crippen LogP contribution in [0.1, 0.15) is 47.6 Å². The summed E-state index contributed by atoms with van der Waals surface area (Å²) in [5.41, 5.74) is 5.67. The SMILES string of the molecule is CC(=O)Oc1ccc2c(c1)C(c1ccc(OC(C)O)c3c1C=CC3)C=C2. The van der Waals surface area contributed by atoms with Gasteiger partial charge in [0.25, 0.3) is 0 Å². The molecule has 4 nitrogen and oxygen atoms in total. The van der Waals surface area contributed by atoms with Gasteiger partial charge >= 0.3 is 5.97 Å². The summed E-state index contributed by atoms with van der Waals surface area (Å²) in [5, 5.41) is 9.56. The molecule has 2 aromatic rings. The highest BCUT2D eigenvalue weighted by Gasteiger charge is 2.25. The quantitative estimate of drug-likeness (QED) is 0.514. The Balaban J connectivity index is 1.75. The molecule has 2 aliphatic rings. The lowest BCUT2D eigenvalue weighted by atomic mass is 9.88. The molecule has 132 valence electrons. The summed E-state index contributed by atoms with van der Waals surface area (Å²) in [6.45, 7) is 3.01. The molecule has 0 saturated carbocycles. The maximum atomic E-state index is 11.3. The van der Waals surface area contributed by atoms with Crippen molar-refractivity contribution in [3.8, 4) is 11.5 Å². The fourth-order valence-corrected chi connectivity index (χ4v) is 3.71. The fourth-order valence-electron chi connectivity index (χ4n) is 3.71. The smallest absolute Gasteiger partial charge is 0.308 e. The normalized spacial score (nSPS) is 17.7. The Labute approximate surface area is 152 Å². The molecule has 26 heavy (non-hydrogen) atoms. The highest BCUT2D eigenvalue weighted by atomic mass is 16.6. The monoisotopic (exact) mass is 348 g/mol. The summed E-state index contributed by atoms with van der Waals surface area (Å²) in [6, 6.07) is 9.71. The van der Waals surface area contributed by atoms with Gasteiger partial charge in [-0.15, -0.1) is 0 Å². The average Bonchev–Trinajstić information content (AvgIpc) is 3.21. The van der Waals surface area contributed by atoms with Crippen molar-refractivity contribution in [3.63, 3.8) is 0 Å². The van der Waals surface area contributed by atoms with Crippen LogP contribution in [0.2, 0.25) is 0 Å². The van der Waals surface area contributed by atoms with Crippen LogP contribution in [0, 0.1) is 0 Å². The van der Waals surface area contributed by atoms with Gasteiger partial charge in [-0.1, -0.05) is 36.4 Å². The van der Waals surface area contributed by atoms with Crippen molar-refractivity contribution in [1.29, 1.82) is 0 Å². The van der Waals surface area contributed by atoms with Gasteiger partial charge in [0.2, 0.25) is 0 Å². The lowest BCUT2D eigenvalue weighted by Gasteiger charge is -2.19. The zero-order valence-electron chi connectivity index (χ0n) is 14.7. The van der Waals surface area contributed by atoms with Crippen LogP contribution in [0.4, 0.5) is 0 Å². The lowest BCUT2D eigenvalue weighted by molar-refractivity contribution is -0.131. The number of benzene rings is 2. The molecule has 0 saturated heterocycles. The summed E-state index contributed by atoms with van der Waals surface area (Å²) in [6.07, 6.45) is 8.44. The van der Waals surface area contributed by atoms with E-state index in [2.05, 4.69) is 30.4 Å². The lowest BCUT2D eigenvalue weighted by Crippen LogP contribution is -2.12. The first-order chi connectivity index (χ1) is 12.5. The van der Waals surface area contributed by atoms with E-state index in [1.165, 1.54) is 12.5 Å². The van der Waals surface area contributed by atoms with Crippen LogP contribution in [0.15, 0.2) is 42.5 Å². The maximum absolute atomic E-state index is 11.3. The number of hydrogen-bond donors (Lipinski definition) is 1. The van der Waals surface area contributed by atoms with Gasteiger partial charge in [0.05, 0.1) is 0 Å². The Kier molecular flexibility index (Phi) is 4.13. The average molecular weight is 348 g/mol. The Morgan fingerprint density at radius 1 is 1.19 bits per heavy atom. The minimum absolute atomic E-state index is 0.0950. The van der Waals surface area contributed by atoms with Crippen molar-refractivity contribution < 1.29 is 19.4 Å². The van der Waals surface area contributed by atoms with Gasteiger partial charge in [0.1, 0.15) is 11.5 Å². The predicted octanol–water partition coefficient (Wildman–Crippen LogP) is 4.06. The number of ether oxygens (including phenoxy) is 2. The molecule has 0 amide bonds. The molecule has 0 aromatic heterocycles. The molecule has 0 spiro atoms. The number of fused-ring (bicyclic) bond motifs is 2. The van der Waals surface area contributed by atoms with Crippen molar-refractivity contribution in [2.24, 2.45) is 0 Å². The zero-order chi connectivity index (χ0) is 18.3. The first-order valence-corrected chi connectivity index (χ1v) is 8.70. The third-order valence-electron chi connectivity index (χ3n) is 4.71. The highest BCUT2D eigenvalue weighted by Crippen LogP contribution is 2.42. The van der Waals surface area contributed by atoms with Crippen LogP contribution in [0.3, 0.4) is 0 Å². The second kappa shape index (κ2) is 6.46. The first kappa shape index (κ1) is 16.6. The Morgan fingerprint density at radius 2 is 2.04 bits per heavy atom. The van der Waals surface area contributed by atoms with E-state index in [0.29, 0.717) is 5.75 Å². The fraction of sp³-hybridized carbons (Fsp3) is 0.227. The van der Waals surface area contributed by atoms with Crippen molar-refractivity contribution in [1.82, 2.24) is 0 Å². The first-order valence-electron chi connectivity index (χ1n) is 8.70. The summed E-state index contributed by atoms with van der Waals surface area (Å²) >= 11 is 0. The Bertz CT molecular complexity index is 937. The molecule has 0 bridgehead atoms. The molecule has 2 atom stereocenters. The van der Waals surface area contributed by atoms with E-state index >= 15 is 0 Å². The maximum Gasteiger partial charge on any atom is 0.308 e. The molecule has 0 aliphatic heterocycles. The van der Waals surface area contributed by atoms with E-state index in [-0.39, 0.29) is 11.9 Å². The summed E-state index contributed by atoms with van der Waals surface area (Å²) < 4.78 is 10.8. The van der Waals surface area contributed by atoms with Gasteiger partial charge in [-0.3, -0.25) is 4.79 Å². The number of carbonyl (C=O) groups is 1. The van der Waals surface area contributed by atoms with E-state index in [1.807, 2.05) is 24.3 Å². The summed E-state index contributed by atoms with van der Waals surface area (Å²) in [5.74, 6) is 1.05. The van der Waals surface area contributed by atoms with E-state index in [0.717, 1.165) is 34.4 Å². The van der Waals surface area contributed by atoms with Gasteiger partial charge in [0, 0.05) is 18.4 Å². The van der Waals surface area contributed by atoms with E-state index < -0.39 is 6.29 Å². The number of rotatable bonds is 4. The van der Waals surface area contributed by atoms with Crippen LogP contribution in [-0.2, 0) is 11.2 Å². The third kappa shape index (κ3) is 2.93. The molecule has 0 fully saturated rings. The van der Waals surface area contributed by atoms with Gasteiger partial charge < -0.3 is 14.6 Å². The standard InChI is InChI=1S/C22H20O4/c1-13(23)25-16-8-6-15-7-9-19(21(15)12-16)18-10-11-22(26-14(2)24)20-5-3-4-17(18)20/h3-4,6-12,14,19,24H,5H2,1-2H3. The number of carbonyl (C=O) groups excluding carboxylic acids is 1. The molecule has 4 rings (SSSR count). The second-order valence-corrected chi connectivity index (χ2v) is 6.59. The molecule has 0 radical (unpaired) electrons. The largest absolute Gasteiger partial charge is 0.465 e. The minimum atomic E-state index is -0.844. The molecule has 2 aliphatic carbocycles. The van der Waals surface area contributed by atoms with Crippen molar-refractivity contribution in [2.45, 2.75) is 32.5 Å². The topological polar surface area (TPSA) is 55.8 Å². The van der Waals surface area contributed by atoms with Gasteiger partial charge in [-0.25, -0.2) is 0 Å². The Morgan fingerprint density at radius 3 is 2.81 bits per heavy atom. The molecule has 0 heterocycles. The van der Waals surface area contributed by atoms with Crippen molar-refractivity contribution in [2.75, 3.05) is 0 Å². The zero-order valence-corrected chi connectivity index (χ0v) is 14.7. The van der Waals surface area contributed by atoms with Gasteiger partial charge in [-0.2, -0.15) is 0 Å². The molecule has 4 heteroatoms. The van der Waals surface area contributed by atoms with Gasteiger partial charge in [0.15, 0.2) is 6.29 Å². The van der Waals surface area contributed by atoms with Gasteiger partial charge in [-0.05, 0) is 53.8 Å². The van der Waals surface area contributed by atoms with Crippen molar-refractivity contribution >= 4 is 18.1 Å². The second-order valence-electron chi connectivity index (χ2n) is 6.59. The van der Waals surface area contributed by atoms with Crippen LogP contribution in [0.5, 0.6) is 11.5 Å². The van der Waals surface area contributed by atoms with Crippen molar-refractivity contribution in [3.05, 3.63) is 70.3 Å². The summed E-state index contributed by atoms with van der Waals surface area (Å²) in [7, 11) is 0. The highest BCUT2D eigenvalue weighted by molar-refractivity contribution is 5.74. The predicted molar refractivity (Wildman–Crippen MR) is 100 cm³/mol. The molecule has 1 N–H and O–H groups in total. The van der Waals surface area contributed by atoms with E-state index in [1.54, 1.807) is 6.92 Å². The number of aliphatic hydroxyl groups is 1. The molecule has 2 unspecified atom stereocenters. The molecular formula is C22H20O4. The minimum Gasteiger partial charge on any atom is -0.465 e. The van der Waals surface area contributed by atoms with Crippen LogP contribution in [0.25, 0.3) is 12.2 Å². The number of aliphatic hydroxyl groups excluding tert-OH is 1. The van der Waals surface area contributed by atoms with Crippen LogP contribution in [-0.4, -0.2) is 17.4 Å². The summed E-state index contributed by atoms with van der Waals surface area (Å²) in [4.78, 5) is 11.3. The number of hydrogen-bond acceptors (Lipinski definition) is 4. The number of allylic oxidation sites excluding steroid dienone is 2. The van der Waals surface area contributed by atoms with E-state index in [4.69, 9.17) is 9.47 Å².